The summed E-state index contributed by atoms with van der Waals surface area (Å²) in [6.45, 7) is 2.15. The molecule has 114 valence electrons. The van der Waals surface area contributed by atoms with E-state index in [0.29, 0.717) is 31.9 Å². The van der Waals surface area contributed by atoms with Crippen LogP contribution in [0.3, 0.4) is 0 Å². The number of nitrogens with zero attached hydrogens (tertiary/aromatic N) is 2. The average molecular weight is 291 g/mol. The van der Waals surface area contributed by atoms with E-state index in [1.165, 1.54) is 6.26 Å². The molecular formula is C15H21N3O3. The summed E-state index contributed by atoms with van der Waals surface area (Å²) in [5.41, 5.74) is 5.54. The summed E-state index contributed by atoms with van der Waals surface area (Å²) in [5.74, 6) is 0.279. The molecule has 0 atom stereocenters. The Morgan fingerprint density at radius 3 is 2.29 bits per heavy atom. The van der Waals surface area contributed by atoms with Gasteiger partial charge in [0.25, 0.3) is 5.91 Å². The predicted octanol–water partition coefficient (Wildman–Crippen LogP) is 0.835. The van der Waals surface area contributed by atoms with Gasteiger partial charge >= 0.3 is 0 Å². The number of furan rings is 1. The molecule has 0 radical (unpaired) electrons. The van der Waals surface area contributed by atoms with Crippen LogP contribution in [0.1, 0.15) is 36.2 Å². The van der Waals surface area contributed by atoms with Crippen molar-refractivity contribution in [1.82, 2.24) is 9.80 Å². The lowest BCUT2D eigenvalue weighted by Crippen LogP contribution is -2.59. The maximum atomic E-state index is 12.5. The average Bonchev–Trinajstić information content (AvgIpc) is 3.18. The summed E-state index contributed by atoms with van der Waals surface area (Å²) < 4.78 is 5.13. The zero-order valence-electron chi connectivity index (χ0n) is 12.1. The molecule has 21 heavy (non-hydrogen) atoms. The number of amides is 2. The van der Waals surface area contributed by atoms with Gasteiger partial charge in [-0.2, -0.15) is 0 Å². The minimum atomic E-state index is -0.673. The number of hydrogen-bond acceptors (Lipinski definition) is 4. The number of nitrogens with two attached hydrogens (primary N) is 1. The van der Waals surface area contributed by atoms with Crippen LogP contribution in [0.5, 0.6) is 0 Å². The van der Waals surface area contributed by atoms with Crippen molar-refractivity contribution in [2.75, 3.05) is 26.2 Å². The highest BCUT2D eigenvalue weighted by Crippen LogP contribution is 2.29. The Bertz CT molecular complexity index is 512. The van der Waals surface area contributed by atoms with Gasteiger partial charge in [-0.25, -0.2) is 0 Å². The van der Waals surface area contributed by atoms with E-state index in [4.69, 9.17) is 10.2 Å². The monoisotopic (exact) mass is 291 g/mol. The van der Waals surface area contributed by atoms with E-state index in [0.717, 1.165) is 25.7 Å². The van der Waals surface area contributed by atoms with Gasteiger partial charge in [0.05, 0.1) is 11.8 Å². The van der Waals surface area contributed by atoms with Crippen molar-refractivity contribution in [3.63, 3.8) is 0 Å². The van der Waals surface area contributed by atoms with Crippen LogP contribution < -0.4 is 5.73 Å². The first-order valence-corrected chi connectivity index (χ1v) is 7.51. The van der Waals surface area contributed by atoms with Gasteiger partial charge in [0.15, 0.2) is 5.76 Å². The second kappa shape index (κ2) is 5.52. The lowest BCUT2D eigenvalue weighted by atomic mass is 9.97. The Kier molecular flexibility index (Phi) is 3.71. The third-order valence-electron chi connectivity index (χ3n) is 4.51. The highest BCUT2D eigenvalue weighted by Gasteiger charge is 2.40. The van der Waals surface area contributed by atoms with E-state index in [9.17, 15) is 9.59 Å². The Labute approximate surface area is 123 Å². The molecule has 1 saturated carbocycles. The van der Waals surface area contributed by atoms with Gasteiger partial charge in [0.2, 0.25) is 5.91 Å². The molecule has 3 rings (SSSR count). The van der Waals surface area contributed by atoms with E-state index in [1.54, 1.807) is 21.9 Å². The van der Waals surface area contributed by atoms with Crippen molar-refractivity contribution in [3.8, 4) is 0 Å². The summed E-state index contributed by atoms with van der Waals surface area (Å²) >= 11 is 0. The van der Waals surface area contributed by atoms with Crippen LogP contribution in [-0.2, 0) is 4.79 Å². The smallest absolute Gasteiger partial charge is 0.289 e. The summed E-state index contributed by atoms with van der Waals surface area (Å²) in [5, 5.41) is 0. The molecule has 0 spiro atoms. The normalized spacial score (nSPS) is 21.6. The van der Waals surface area contributed by atoms with Crippen LogP contribution in [0, 0.1) is 0 Å². The first kappa shape index (κ1) is 14.1. The summed E-state index contributed by atoms with van der Waals surface area (Å²) in [6.07, 6.45) is 5.10. The largest absolute Gasteiger partial charge is 0.459 e. The Morgan fingerprint density at radius 2 is 1.71 bits per heavy atom. The summed E-state index contributed by atoms with van der Waals surface area (Å²) in [7, 11) is 0. The molecule has 0 unspecified atom stereocenters. The molecule has 0 aromatic carbocycles. The fourth-order valence-corrected chi connectivity index (χ4v) is 3.20. The molecule has 1 aromatic rings. The van der Waals surface area contributed by atoms with E-state index < -0.39 is 5.54 Å². The number of carbonyl (C=O) groups excluding carboxylic acids is 2. The maximum absolute atomic E-state index is 12.5. The Balaban J connectivity index is 1.58. The SMILES string of the molecule is NC1(C(=O)N2CCN(C(=O)c3ccco3)CC2)CCCC1. The van der Waals surface area contributed by atoms with Gasteiger partial charge < -0.3 is 20.0 Å². The molecular weight excluding hydrogens is 270 g/mol. The van der Waals surface area contributed by atoms with Crippen molar-refractivity contribution in [2.24, 2.45) is 5.73 Å². The van der Waals surface area contributed by atoms with Crippen LogP contribution in [0.4, 0.5) is 0 Å². The second-order valence-corrected chi connectivity index (χ2v) is 5.92. The minimum absolute atomic E-state index is 0.0464. The minimum Gasteiger partial charge on any atom is -0.459 e. The standard InChI is InChI=1S/C15H21N3O3/c16-15(5-1-2-6-15)14(20)18-9-7-17(8-10-18)13(19)12-4-3-11-21-12/h3-4,11H,1-2,5-10,16H2. The molecule has 0 bridgehead atoms. The third kappa shape index (κ3) is 2.68. The van der Waals surface area contributed by atoms with Crippen LogP contribution in [0.25, 0.3) is 0 Å². The molecule has 1 aliphatic heterocycles. The highest BCUT2D eigenvalue weighted by molar-refractivity contribution is 5.92. The summed E-state index contributed by atoms with van der Waals surface area (Å²) in [6, 6.07) is 3.36. The van der Waals surface area contributed by atoms with Crippen LogP contribution >= 0.6 is 0 Å². The van der Waals surface area contributed by atoms with Crippen LogP contribution in [0.15, 0.2) is 22.8 Å². The number of hydrogen-bond donors (Lipinski definition) is 1. The molecule has 1 aromatic heterocycles. The third-order valence-corrected chi connectivity index (χ3v) is 4.51. The fraction of sp³-hybridized carbons (Fsp3) is 0.600. The zero-order chi connectivity index (χ0) is 14.9. The van der Waals surface area contributed by atoms with Gasteiger partial charge in [-0.3, -0.25) is 9.59 Å². The van der Waals surface area contributed by atoms with Crippen molar-refractivity contribution in [2.45, 2.75) is 31.2 Å². The maximum Gasteiger partial charge on any atom is 0.289 e. The Morgan fingerprint density at radius 1 is 1.10 bits per heavy atom. The highest BCUT2D eigenvalue weighted by atomic mass is 16.3. The van der Waals surface area contributed by atoms with Gasteiger partial charge in [0, 0.05) is 26.2 Å². The lowest BCUT2D eigenvalue weighted by molar-refractivity contribution is -0.138. The first-order chi connectivity index (χ1) is 10.1. The van der Waals surface area contributed by atoms with E-state index >= 15 is 0 Å². The lowest BCUT2D eigenvalue weighted by Gasteiger charge is -2.38. The van der Waals surface area contributed by atoms with Crippen molar-refractivity contribution < 1.29 is 14.0 Å². The molecule has 1 saturated heterocycles. The molecule has 2 N–H and O–H groups in total. The second-order valence-electron chi connectivity index (χ2n) is 5.92. The zero-order valence-corrected chi connectivity index (χ0v) is 12.1. The van der Waals surface area contributed by atoms with Crippen molar-refractivity contribution in [3.05, 3.63) is 24.2 Å². The van der Waals surface area contributed by atoms with E-state index in [2.05, 4.69) is 0 Å². The number of carbonyl (C=O) groups is 2. The summed E-state index contributed by atoms with van der Waals surface area (Å²) in [4.78, 5) is 28.2. The molecule has 6 heteroatoms. The number of piperazine rings is 1. The molecule has 2 fully saturated rings. The molecule has 2 amide bonds. The van der Waals surface area contributed by atoms with Crippen molar-refractivity contribution in [1.29, 1.82) is 0 Å². The van der Waals surface area contributed by atoms with Gasteiger partial charge in [-0.05, 0) is 25.0 Å². The first-order valence-electron chi connectivity index (χ1n) is 7.51. The molecule has 2 heterocycles. The molecule has 1 aliphatic carbocycles. The van der Waals surface area contributed by atoms with E-state index in [-0.39, 0.29) is 11.8 Å². The molecule has 6 nitrogen and oxygen atoms in total. The van der Waals surface area contributed by atoms with E-state index in [1.807, 2.05) is 0 Å². The Hall–Kier alpha value is -1.82. The van der Waals surface area contributed by atoms with Gasteiger partial charge in [-0.1, -0.05) is 12.8 Å². The fourth-order valence-electron chi connectivity index (χ4n) is 3.20. The quantitative estimate of drug-likeness (QED) is 0.875. The predicted molar refractivity (Wildman–Crippen MR) is 76.6 cm³/mol. The van der Waals surface area contributed by atoms with Crippen LogP contribution in [-0.4, -0.2) is 53.3 Å². The van der Waals surface area contributed by atoms with Crippen LogP contribution in [0.2, 0.25) is 0 Å². The van der Waals surface area contributed by atoms with Gasteiger partial charge in [-0.15, -0.1) is 0 Å². The topological polar surface area (TPSA) is 79.8 Å². The molecule has 2 aliphatic rings. The van der Waals surface area contributed by atoms with Crippen molar-refractivity contribution >= 4 is 11.8 Å². The number of rotatable bonds is 2. The van der Waals surface area contributed by atoms with Gasteiger partial charge in [0.1, 0.15) is 0 Å².